The summed E-state index contributed by atoms with van der Waals surface area (Å²) in [4.78, 5) is 11.1. The summed E-state index contributed by atoms with van der Waals surface area (Å²) in [6.45, 7) is 4.30. The van der Waals surface area contributed by atoms with Crippen LogP contribution < -0.4 is 10.6 Å². The lowest BCUT2D eigenvalue weighted by atomic mass is 10.2. The number of rotatable bonds is 5. The summed E-state index contributed by atoms with van der Waals surface area (Å²) in [5.41, 5.74) is 0. The van der Waals surface area contributed by atoms with Gasteiger partial charge in [0.1, 0.15) is 0 Å². The van der Waals surface area contributed by atoms with Crippen LogP contribution in [-0.4, -0.2) is 37.3 Å². The number of aliphatic hydroxyl groups is 1. The first-order valence-electron chi connectivity index (χ1n) is 4.17. The van der Waals surface area contributed by atoms with E-state index in [9.17, 15) is 4.79 Å². The van der Waals surface area contributed by atoms with Crippen LogP contribution in [0.1, 0.15) is 13.8 Å². The Morgan fingerprint density at radius 2 is 2.08 bits per heavy atom. The van der Waals surface area contributed by atoms with Crippen molar-refractivity contribution >= 4 is 5.91 Å². The third kappa shape index (κ3) is 4.31. The Hall–Kier alpha value is -0.610. The van der Waals surface area contributed by atoms with Gasteiger partial charge in [-0.15, -0.1) is 0 Å². The minimum Gasteiger partial charge on any atom is -0.396 e. The van der Waals surface area contributed by atoms with Gasteiger partial charge in [-0.3, -0.25) is 4.79 Å². The standard InChI is InChI=1S/C8H18N2O2/c1-6(5-11)4-10-8(12)7(2)9-3/h6-7,9,11H,4-5H2,1-3H3,(H,10,12). The lowest BCUT2D eigenvalue weighted by Gasteiger charge is -2.13. The molecule has 4 nitrogen and oxygen atoms in total. The van der Waals surface area contributed by atoms with Gasteiger partial charge in [0.15, 0.2) is 0 Å². The third-order valence-corrected chi connectivity index (χ3v) is 1.76. The second-order valence-corrected chi connectivity index (χ2v) is 3.04. The number of hydrogen-bond acceptors (Lipinski definition) is 3. The molecule has 0 rings (SSSR count). The van der Waals surface area contributed by atoms with Crippen molar-refractivity contribution in [2.24, 2.45) is 5.92 Å². The van der Waals surface area contributed by atoms with E-state index >= 15 is 0 Å². The first-order valence-corrected chi connectivity index (χ1v) is 4.17. The van der Waals surface area contributed by atoms with Gasteiger partial charge in [0.2, 0.25) is 5.91 Å². The number of nitrogens with one attached hydrogen (secondary N) is 2. The number of likely N-dealkylation sites (N-methyl/N-ethyl adjacent to an activating group) is 1. The molecule has 0 aliphatic heterocycles. The smallest absolute Gasteiger partial charge is 0.236 e. The molecule has 72 valence electrons. The fourth-order valence-corrected chi connectivity index (χ4v) is 0.624. The zero-order chi connectivity index (χ0) is 9.56. The maximum absolute atomic E-state index is 11.1. The van der Waals surface area contributed by atoms with Crippen LogP contribution in [0.4, 0.5) is 0 Å². The van der Waals surface area contributed by atoms with E-state index < -0.39 is 0 Å². The Bertz CT molecular complexity index is 139. The normalized spacial score (nSPS) is 15.3. The van der Waals surface area contributed by atoms with E-state index in [0.717, 1.165) is 0 Å². The molecule has 4 heteroatoms. The maximum Gasteiger partial charge on any atom is 0.236 e. The van der Waals surface area contributed by atoms with Gasteiger partial charge in [0.05, 0.1) is 6.04 Å². The highest BCUT2D eigenvalue weighted by Gasteiger charge is 2.10. The van der Waals surface area contributed by atoms with Crippen LogP contribution in [0.2, 0.25) is 0 Å². The largest absolute Gasteiger partial charge is 0.396 e. The van der Waals surface area contributed by atoms with E-state index in [4.69, 9.17) is 5.11 Å². The van der Waals surface area contributed by atoms with Crippen LogP contribution in [-0.2, 0) is 4.79 Å². The van der Waals surface area contributed by atoms with Gasteiger partial charge in [0.25, 0.3) is 0 Å². The van der Waals surface area contributed by atoms with Crippen molar-refractivity contribution < 1.29 is 9.90 Å². The Morgan fingerprint density at radius 3 is 2.50 bits per heavy atom. The predicted octanol–water partition coefficient (Wildman–Crippen LogP) is -0.661. The number of hydrogen-bond donors (Lipinski definition) is 3. The highest BCUT2D eigenvalue weighted by molar-refractivity contribution is 5.81. The molecule has 0 aromatic heterocycles. The second-order valence-electron chi connectivity index (χ2n) is 3.04. The van der Waals surface area contributed by atoms with E-state index in [-0.39, 0.29) is 24.5 Å². The van der Waals surface area contributed by atoms with Crippen molar-refractivity contribution in [1.82, 2.24) is 10.6 Å². The number of aliphatic hydroxyl groups excluding tert-OH is 1. The molecule has 0 aliphatic rings. The highest BCUT2D eigenvalue weighted by atomic mass is 16.3. The van der Waals surface area contributed by atoms with Gasteiger partial charge < -0.3 is 15.7 Å². The van der Waals surface area contributed by atoms with Crippen molar-refractivity contribution in [1.29, 1.82) is 0 Å². The molecule has 12 heavy (non-hydrogen) atoms. The molecule has 0 radical (unpaired) electrons. The van der Waals surface area contributed by atoms with Crippen LogP contribution in [0.15, 0.2) is 0 Å². The van der Waals surface area contributed by atoms with Gasteiger partial charge in [0, 0.05) is 13.2 Å². The predicted molar refractivity (Wildman–Crippen MR) is 47.8 cm³/mol. The van der Waals surface area contributed by atoms with Gasteiger partial charge in [-0.1, -0.05) is 6.92 Å². The van der Waals surface area contributed by atoms with E-state index in [2.05, 4.69) is 10.6 Å². The summed E-state index contributed by atoms with van der Waals surface area (Å²) >= 11 is 0. The first-order chi connectivity index (χ1) is 5.61. The van der Waals surface area contributed by atoms with E-state index in [1.54, 1.807) is 14.0 Å². The van der Waals surface area contributed by atoms with Gasteiger partial charge >= 0.3 is 0 Å². The number of carbonyl (C=O) groups is 1. The van der Waals surface area contributed by atoms with Crippen molar-refractivity contribution in [3.8, 4) is 0 Å². The monoisotopic (exact) mass is 174 g/mol. The average molecular weight is 174 g/mol. The van der Waals surface area contributed by atoms with E-state index in [1.807, 2.05) is 6.92 Å². The van der Waals surface area contributed by atoms with Crippen LogP contribution in [0.5, 0.6) is 0 Å². The van der Waals surface area contributed by atoms with Crippen LogP contribution in [0.25, 0.3) is 0 Å². The van der Waals surface area contributed by atoms with Gasteiger partial charge in [-0.05, 0) is 19.9 Å². The fraction of sp³-hybridized carbons (Fsp3) is 0.875. The minimum absolute atomic E-state index is 0.0298. The third-order valence-electron chi connectivity index (χ3n) is 1.76. The highest BCUT2D eigenvalue weighted by Crippen LogP contribution is 1.89. The topological polar surface area (TPSA) is 61.4 Å². The first kappa shape index (κ1) is 11.4. The second kappa shape index (κ2) is 5.97. The van der Waals surface area contributed by atoms with Crippen molar-refractivity contribution in [2.45, 2.75) is 19.9 Å². The van der Waals surface area contributed by atoms with Crippen molar-refractivity contribution in [2.75, 3.05) is 20.2 Å². The lowest BCUT2D eigenvalue weighted by molar-refractivity contribution is -0.122. The van der Waals surface area contributed by atoms with Crippen molar-refractivity contribution in [3.63, 3.8) is 0 Å². The molecule has 1 amide bonds. The molecule has 2 atom stereocenters. The molecule has 0 saturated carbocycles. The van der Waals surface area contributed by atoms with E-state index in [0.29, 0.717) is 6.54 Å². The molecule has 0 fully saturated rings. The molecular weight excluding hydrogens is 156 g/mol. The molecule has 0 heterocycles. The minimum atomic E-state index is -0.170. The fourth-order valence-electron chi connectivity index (χ4n) is 0.624. The van der Waals surface area contributed by atoms with Crippen LogP contribution in [0, 0.1) is 5.92 Å². The zero-order valence-corrected chi connectivity index (χ0v) is 7.92. The molecule has 0 aromatic rings. The summed E-state index contributed by atoms with van der Waals surface area (Å²) in [7, 11) is 1.74. The number of carbonyl (C=O) groups excluding carboxylic acids is 1. The quantitative estimate of drug-likeness (QED) is 0.518. The number of amides is 1. The lowest BCUT2D eigenvalue weighted by Crippen LogP contribution is -2.42. The van der Waals surface area contributed by atoms with Crippen LogP contribution in [0.3, 0.4) is 0 Å². The average Bonchev–Trinajstić information content (AvgIpc) is 2.11. The molecule has 0 spiro atoms. The molecule has 0 aromatic carbocycles. The molecular formula is C8H18N2O2. The molecule has 2 unspecified atom stereocenters. The molecule has 0 aliphatic carbocycles. The summed E-state index contributed by atoms with van der Waals surface area (Å²) in [5.74, 6) is 0.0933. The Balaban J connectivity index is 3.56. The van der Waals surface area contributed by atoms with Crippen molar-refractivity contribution in [3.05, 3.63) is 0 Å². The van der Waals surface area contributed by atoms with Gasteiger partial charge in [-0.25, -0.2) is 0 Å². The Morgan fingerprint density at radius 1 is 1.50 bits per heavy atom. The summed E-state index contributed by atoms with van der Waals surface area (Å²) < 4.78 is 0. The summed E-state index contributed by atoms with van der Waals surface area (Å²) in [5, 5.41) is 14.2. The summed E-state index contributed by atoms with van der Waals surface area (Å²) in [6.07, 6.45) is 0. The molecule has 0 bridgehead atoms. The molecule has 3 N–H and O–H groups in total. The Kier molecular flexibility index (Phi) is 5.66. The maximum atomic E-state index is 11.1. The Labute approximate surface area is 73.3 Å². The summed E-state index contributed by atoms with van der Waals surface area (Å²) in [6, 6.07) is -0.170. The van der Waals surface area contributed by atoms with Crippen LogP contribution >= 0.6 is 0 Å². The van der Waals surface area contributed by atoms with E-state index in [1.165, 1.54) is 0 Å². The molecule has 0 saturated heterocycles. The SMILES string of the molecule is CNC(C)C(=O)NCC(C)CO. The zero-order valence-electron chi connectivity index (χ0n) is 7.92. The van der Waals surface area contributed by atoms with Gasteiger partial charge in [-0.2, -0.15) is 0 Å².